The number of hydrogen-bond acceptors (Lipinski definition) is 5. The van der Waals surface area contributed by atoms with Gasteiger partial charge in [0, 0.05) is 11.1 Å². The van der Waals surface area contributed by atoms with E-state index < -0.39 is 13.7 Å². The van der Waals surface area contributed by atoms with E-state index in [-0.39, 0.29) is 24.9 Å². The van der Waals surface area contributed by atoms with Crippen molar-refractivity contribution >= 4 is 7.60 Å². The van der Waals surface area contributed by atoms with Crippen LogP contribution in [-0.4, -0.2) is 34.7 Å². The Morgan fingerprint density at radius 3 is 3.14 bits per heavy atom. The number of nitrogens with zero attached hydrogens (tertiary/aromatic N) is 4. The zero-order valence-corrected chi connectivity index (χ0v) is 12.5. The first-order valence-electron chi connectivity index (χ1n) is 6.56. The van der Waals surface area contributed by atoms with Crippen molar-refractivity contribution < 1.29 is 18.7 Å². The first kappa shape index (κ1) is 15.9. The summed E-state index contributed by atoms with van der Waals surface area (Å²) in [6, 6.07) is 4.75. The molecule has 1 aliphatic rings. The lowest BCUT2D eigenvalue weighted by atomic mass is 10.1. The summed E-state index contributed by atoms with van der Waals surface area (Å²) in [7, 11) is -3.81. The fourth-order valence-corrected chi connectivity index (χ4v) is 3.27. The predicted octanol–water partition coefficient (Wildman–Crippen LogP) is 2.64. The minimum atomic E-state index is -3.81. The molecule has 2 rings (SSSR count). The maximum Gasteiger partial charge on any atom is 0.334 e. The van der Waals surface area contributed by atoms with Crippen molar-refractivity contribution in [3.05, 3.63) is 40.5 Å². The Morgan fingerprint density at radius 2 is 2.48 bits per heavy atom. The fourth-order valence-electron chi connectivity index (χ4n) is 2.21. The molecule has 1 aromatic heterocycles. The summed E-state index contributed by atoms with van der Waals surface area (Å²) in [6.07, 6.45) is 1.40. The zero-order valence-electron chi connectivity index (χ0n) is 11.6. The second-order valence-corrected chi connectivity index (χ2v) is 6.75. The average Bonchev–Trinajstić information content (AvgIpc) is 2.78. The van der Waals surface area contributed by atoms with Gasteiger partial charge in [-0.15, -0.1) is 0 Å². The highest BCUT2D eigenvalue weighted by molar-refractivity contribution is 7.51. The van der Waals surface area contributed by atoms with Crippen LogP contribution in [-0.2, 0) is 20.0 Å². The average molecular weight is 312 g/mol. The summed E-state index contributed by atoms with van der Waals surface area (Å²) in [6.45, 7) is 1.76. The van der Waals surface area contributed by atoms with E-state index in [4.69, 9.17) is 14.8 Å². The Bertz CT molecular complexity index is 564. The molecule has 1 aromatic rings. The number of pyridine rings is 1. The molecule has 1 N–H and O–H groups in total. The van der Waals surface area contributed by atoms with Crippen molar-refractivity contribution in [3.63, 3.8) is 0 Å². The number of ether oxygens (including phenoxy) is 1. The summed E-state index contributed by atoms with van der Waals surface area (Å²) in [4.78, 5) is 16.6. The third-order valence-electron chi connectivity index (χ3n) is 3.14. The Morgan fingerprint density at radius 1 is 1.67 bits per heavy atom. The van der Waals surface area contributed by atoms with E-state index >= 15 is 0 Å². The molecule has 0 bridgehead atoms. The van der Waals surface area contributed by atoms with Crippen molar-refractivity contribution in [2.45, 2.75) is 37.8 Å². The minimum absolute atomic E-state index is 0.0667. The maximum atomic E-state index is 12.0. The van der Waals surface area contributed by atoms with Crippen molar-refractivity contribution in [3.8, 4) is 0 Å². The summed E-state index contributed by atoms with van der Waals surface area (Å²) in [5.74, 6) is 0. The number of aromatic nitrogens is 1. The molecule has 9 heteroatoms. The first-order chi connectivity index (χ1) is 10.00. The molecule has 1 fully saturated rings. The lowest BCUT2D eigenvalue weighted by Crippen LogP contribution is -2.24. The lowest BCUT2D eigenvalue weighted by Gasteiger charge is -2.17. The van der Waals surface area contributed by atoms with Crippen LogP contribution in [0.1, 0.15) is 19.0 Å². The van der Waals surface area contributed by atoms with Gasteiger partial charge in [-0.1, -0.05) is 11.2 Å². The quantitative estimate of drug-likeness (QED) is 0.375. The topological polar surface area (TPSA) is 117 Å². The van der Waals surface area contributed by atoms with Gasteiger partial charge in [0.15, 0.2) is 0 Å². The van der Waals surface area contributed by atoms with Gasteiger partial charge in [0.1, 0.15) is 0 Å². The molecule has 0 aliphatic carbocycles. The highest BCUT2D eigenvalue weighted by Gasteiger charge is 2.34. The Balaban J connectivity index is 1.92. The number of rotatable bonds is 6. The summed E-state index contributed by atoms with van der Waals surface area (Å²) < 4.78 is 22.7. The lowest BCUT2D eigenvalue weighted by molar-refractivity contribution is 0.0196. The van der Waals surface area contributed by atoms with Gasteiger partial charge in [-0.2, -0.15) is 0 Å². The van der Waals surface area contributed by atoms with Crippen LogP contribution in [0.5, 0.6) is 0 Å². The van der Waals surface area contributed by atoms with Crippen LogP contribution in [0.25, 0.3) is 10.4 Å². The molecule has 0 amide bonds. The Hall–Kier alpha value is -1.43. The molecule has 0 saturated carbocycles. The summed E-state index contributed by atoms with van der Waals surface area (Å²) in [5, 5.41) is 3.63. The van der Waals surface area contributed by atoms with Crippen LogP contribution in [0.4, 0.5) is 0 Å². The zero-order chi connectivity index (χ0) is 15.3. The van der Waals surface area contributed by atoms with Gasteiger partial charge in [0.2, 0.25) is 0 Å². The molecule has 4 atom stereocenters. The minimum Gasteiger partial charge on any atom is -0.372 e. The second kappa shape index (κ2) is 7.02. The van der Waals surface area contributed by atoms with E-state index in [0.29, 0.717) is 12.1 Å². The molecule has 1 saturated heterocycles. The highest BCUT2D eigenvalue weighted by Crippen LogP contribution is 2.45. The molecule has 1 aliphatic heterocycles. The second-order valence-electron chi connectivity index (χ2n) is 4.91. The molecule has 21 heavy (non-hydrogen) atoms. The smallest absolute Gasteiger partial charge is 0.334 e. The normalized spacial score (nSPS) is 27.8. The van der Waals surface area contributed by atoms with Gasteiger partial charge >= 0.3 is 7.60 Å². The SMILES string of the molecule is C[C@H]1C[C@@H](N=[N+]=[N-])[C@@H](COP(=O)(O)Cc2ccccn2)O1. The summed E-state index contributed by atoms with van der Waals surface area (Å²) in [5.41, 5.74) is 8.99. The third kappa shape index (κ3) is 4.81. The monoisotopic (exact) mass is 312 g/mol. The number of hydrogen-bond donors (Lipinski definition) is 1. The van der Waals surface area contributed by atoms with Crippen LogP contribution in [0.3, 0.4) is 0 Å². The van der Waals surface area contributed by atoms with Crippen molar-refractivity contribution in [1.29, 1.82) is 0 Å². The van der Waals surface area contributed by atoms with Crippen LogP contribution in [0.2, 0.25) is 0 Å². The van der Waals surface area contributed by atoms with Crippen molar-refractivity contribution in [1.82, 2.24) is 4.98 Å². The molecular weight excluding hydrogens is 295 g/mol. The third-order valence-corrected chi connectivity index (χ3v) is 4.41. The van der Waals surface area contributed by atoms with Gasteiger partial charge in [-0.3, -0.25) is 9.55 Å². The molecule has 1 unspecified atom stereocenters. The van der Waals surface area contributed by atoms with E-state index in [1.165, 1.54) is 0 Å². The van der Waals surface area contributed by atoms with E-state index in [1.54, 1.807) is 24.4 Å². The van der Waals surface area contributed by atoms with Crippen molar-refractivity contribution in [2.24, 2.45) is 5.11 Å². The molecule has 114 valence electrons. The van der Waals surface area contributed by atoms with Gasteiger partial charge in [0.25, 0.3) is 0 Å². The van der Waals surface area contributed by atoms with Crippen LogP contribution in [0, 0.1) is 0 Å². The molecule has 8 nitrogen and oxygen atoms in total. The van der Waals surface area contributed by atoms with E-state index in [0.717, 1.165) is 0 Å². The Labute approximate surface area is 122 Å². The van der Waals surface area contributed by atoms with E-state index in [2.05, 4.69) is 15.0 Å². The largest absolute Gasteiger partial charge is 0.372 e. The highest BCUT2D eigenvalue weighted by atomic mass is 31.2. The van der Waals surface area contributed by atoms with Gasteiger partial charge in [0.05, 0.1) is 36.7 Å². The molecule has 0 aromatic carbocycles. The number of azide groups is 1. The van der Waals surface area contributed by atoms with E-state index in [1.807, 2.05) is 6.92 Å². The predicted molar refractivity (Wildman–Crippen MR) is 75.6 cm³/mol. The summed E-state index contributed by atoms with van der Waals surface area (Å²) >= 11 is 0. The molecule has 0 spiro atoms. The van der Waals surface area contributed by atoms with Crippen molar-refractivity contribution in [2.75, 3.05) is 6.61 Å². The molecular formula is C12H17N4O4P. The molecule has 2 heterocycles. The van der Waals surface area contributed by atoms with Gasteiger partial charge in [-0.05, 0) is 31.0 Å². The van der Waals surface area contributed by atoms with Gasteiger partial charge in [-0.25, -0.2) is 0 Å². The first-order valence-corrected chi connectivity index (χ1v) is 8.32. The van der Waals surface area contributed by atoms with Crippen LogP contribution >= 0.6 is 7.60 Å². The van der Waals surface area contributed by atoms with Gasteiger partial charge < -0.3 is 14.2 Å². The Kier molecular flexibility index (Phi) is 5.33. The van der Waals surface area contributed by atoms with Crippen LogP contribution < -0.4 is 0 Å². The maximum absolute atomic E-state index is 12.0. The van der Waals surface area contributed by atoms with Crippen LogP contribution in [0.15, 0.2) is 29.5 Å². The van der Waals surface area contributed by atoms with E-state index in [9.17, 15) is 9.46 Å². The standard InChI is InChI=1S/C12H17N4O4P/c1-9-6-11(15-16-13)12(20-9)7-19-21(17,18)8-10-4-2-3-5-14-10/h2-5,9,11-12H,6-8H2,1H3,(H,17,18)/t9-,11+,12+/m0/s1. The fraction of sp³-hybridized carbons (Fsp3) is 0.583. The molecule has 0 radical (unpaired) electrons.